The molecule has 1 aromatic heterocycles. The van der Waals surface area contributed by atoms with Crippen LogP contribution in [0, 0.1) is 0 Å². The highest BCUT2D eigenvalue weighted by molar-refractivity contribution is 7.99. The van der Waals surface area contributed by atoms with Gasteiger partial charge in [0, 0.05) is 24.3 Å². The number of rotatable bonds is 6. The van der Waals surface area contributed by atoms with Gasteiger partial charge in [-0.3, -0.25) is 9.36 Å². The molecule has 1 heterocycles. The number of thioether (sulfide) groups is 1. The Balaban J connectivity index is 1.56. The molecule has 0 aliphatic heterocycles. The standard InChI is InChI=1S/C26H32N4OS/c1-26(2,3)20-16-14-19(15-17-20)24-27-28-25(30(24)22-12-8-9-13-22)32-18-23(31)29(4)21-10-6-5-7-11-21/h5-7,10-11,14-17,22H,8-9,12-13,18H2,1-4H3. The molecule has 0 bridgehead atoms. The van der Waals surface area contributed by atoms with E-state index >= 15 is 0 Å². The van der Waals surface area contributed by atoms with Gasteiger partial charge in [-0.1, -0.05) is 87.8 Å². The molecule has 1 fully saturated rings. The lowest BCUT2D eigenvalue weighted by Crippen LogP contribution is -2.28. The quantitative estimate of drug-likeness (QED) is 0.427. The van der Waals surface area contributed by atoms with E-state index in [0.29, 0.717) is 11.8 Å². The molecule has 1 amide bonds. The second kappa shape index (κ2) is 9.49. The smallest absolute Gasteiger partial charge is 0.237 e. The minimum absolute atomic E-state index is 0.0539. The van der Waals surface area contributed by atoms with Crippen molar-refractivity contribution < 1.29 is 4.79 Å². The van der Waals surface area contributed by atoms with Crippen LogP contribution in [0.2, 0.25) is 0 Å². The van der Waals surface area contributed by atoms with Crippen molar-refractivity contribution >= 4 is 23.4 Å². The van der Waals surface area contributed by atoms with Crippen LogP contribution in [0.1, 0.15) is 58.1 Å². The molecule has 32 heavy (non-hydrogen) atoms. The molecular formula is C26H32N4OS. The van der Waals surface area contributed by atoms with Crippen molar-refractivity contribution in [3.8, 4) is 11.4 Å². The zero-order valence-corrected chi connectivity index (χ0v) is 20.2. The van der Waals surface area contributed by atoms with Crippen LogP contribution in [0.25, 0.3) is 11.4 Å². The molecule has 3 aromatic rings. The molecule has 0 N–H and O–H groups in total. The summed E-state index contributed by atoms with van der Waals surface area (Å²) in [7, 11) is 1.82. The van der Waals surface area contributed by atoms with E-state index in [0.717, 1.165) is 35.1 Å². The maximum atomic E-state index is 12.8. The molecular weight excluding hydrogens is 416 g/mol. The SMILES string of the molecule is CN(C(=O)CSc1nnc(-c2ccc(C(C)(C)C)cc2)n1C1CCCC1)c1ccccc1. The Morgan fingerprint density at radius 3 is 2.31 bits per heavy atom. The van der Waals surface area contributed by atoms with E-state index in [9.17, 15) is 4.79 Å². The van der Waals surface area contributed by atoms with Crippen LogP contribution in [0.5, 0.6) is 0 Å². The van der Waals surface area contributed by atoms with Gasteiger partial charge in [0.15, 0.2) is 11.0 Å². The topological polar surface area (TPSA) is 51.0 Å². The molecule has 168 valence electrons. The van der Waals surface area contributed by atoms with Gasteiger partial charge >= 0.3 is 0 Å². The first-order chi connectivity index (χ1) is 15.3. The number of carbonyl (C=O) groups is 1. The van der Waals surface area contributed by atoms with E-state index < -0.39 is 0 Å². The number of amides is 1. The van der Waals surface area contributed by atoms with E-state index in [1.54, 1.807) is 4.90 Å². The number of nitrogens with zero attached hydrogens (tertiary/aromatic N) is 4. The fourth-order valence-corrected chi connectivity index (χ4v) is 5.12. The maximum absolute atomic E-state index is 12.8. The predicted molar refractivity (Wildman–Crippen MR) is 132 cm³/mol. The normalized spacial score (nSPS) is 14.6. The van der Waals surface area contributed by atoms with Crippen LogP contribution in [-0.2, 0) is 10.2 Å². The molecule has 0 saturated heterocycles. The van der Waals surface area contributed by atoms with E-state index in [1.165, 1.54) is 30.2 Å². The van der Waals surface area contributed by atoms with Crippen molar-refractivity contribution in [2.24, 2.45) is 0 Å². The number of hydrogen-bond donors (Lipinski definition) is 0. The second-order valence-corrected chi connectivity index (χ2v) is 10.5. The Morgan fingerprint density at radius 2 is 1.69 bits per heavy atom. The Kier molecular flexibility index (Phi) is 6.70. The highest BCUT2D eigenvalue weighted by atomic mass is 32.2. The summed E-state index contributed by atoms with van der Waals surface area (Å²) in [5.41, 5.74) is 3.40. The van der Waals surface area contributed by atoms with Gasteiger partial charge in [-0.25, -0.2) is 0 Å². The van der Waals surface area contributed by atoms with Gasteiger partial charge in [0.1, 0.15) is 0 Å². The Hall–Kier alpha value is -2.60. The van der Waals surface area contributed by atoms with Gasteiger partial charge in [0.05, 0.1) is 5.75 Å². The number of hydrogen-bond acceptors (Lipinski definition) is 4. The van der Waals surface area contributed by atoms with E-state index in [1.807, 2.05) is 37.4 Å². The van der Waals surface area contributed by atoms with Crippen molar-refractivity contribution in [1.82, 2.24) is 14.8 Å². The molecule has 0 radical (unpaired) electrons. The summed E-state index contributed by atoms with van der Waals surface area (Å²) in [5, 5.41) is 9.92. The molecule has 2 aromatic carbocycles. The molecule has 1 saturated carbocycles. The van der Waals surface area contributed by atoms with Gasteiger partial charge in [-0.05, 0) is 36.0 Å². The van der Waals surface area contributed by atoms with Crippen LogP contribution in [-0.4, -0.2) is 33.5 Å². The third-order valence-electron chi connectivity index (χ3n) is 6.21. The van der Waals surface area contributed by atoms with Crippen LogP contribution >= 0.6 is 11.8 Å². The third kappa shape index (κ3) is 4.90. The lowest BCUT2D eigenvalue weighted by Gasteiger charge is -2.20. The number of carbonyl (C=O) groups excluding carboxylic acids is 1. The van der Waals surface area contributed by atoms with Gasteiger partial charge in [-0.2, -0.15) is 0 Å². The van der Waals surface area contributed by atoms with Crippen molar-refractivity contribution in [2.45, 2.75) is 63.1 Å². The Morgan fingerprint density at radius 1 is 1.03 bits per heavy atom. The van der Waals surface area contributed by atoms with Gasteiger partial charge in [-0.15, -0.1) is 10.2 Å². The first-order valence-electron chi connectivity index (χ1n) is 11.3. The van der Waals surface area contributed by atoms with Crippen LogP contribution in [0.4, 0.5) is 5.69 Å². The molecule has 6 heteroatoms. The first kappa shape index (κ1) is 22.6. The average molecular weight is 449 g/mol. The number of benzene rings is 2. The van der Waals surface area contributed by atoms with Crippen LogP contribution in [0.15, 0.2) is 59.8 Å². The number of para-hydroxylation sites is 1. The number of anilines is 1. The first-order valence-corrected chi connectivity index (χ1v) is 12.3. The fraction of sp³-hybridized carbons (Fsp3) is 0.423. The third-order valence-corrected chi connectivity index (χ3v) is 7.13. The second-order valence-electron chi connectivity index (χ2n) is 9.52. The van der Waals surface area contributed by atoms with Crippen LogP contribution in [0.3, 0.4) is 0 Å². The molecule has 1 aliphatic rings. The van der Waals surface area contributed by atoms with Crippen molar-refractivity contribution in [3.63, 3.8) is 0 Å². The molecule has 5 nitrogen and oxygen atoms in total. The minimum Gasteiger partial charge on any atom is -0.315 e. The summed E-state index contributed by atoms with van der Waals surface area (Å²) in [5.74, 6) is 1.29. The fourth-order valence-electron chi connectivity index (χ4n) is 4.20. The largest absolute Gasteiger partial charge is 0.315 e. The van der Waals surface area contributed by atoms with Crippen molar-refractivity contribution in [2.75, 3.05) is 17.7 Å². The van der Waals surface area contributed by atoms with Crippen LogP contribution < -0.4 is 4.90 Å². The highest BCUT2D eigenvalue weighted by Gasteiger charge is 2.26. The predicted octanol–water partition coefficient (Wildman–Crippen LogP) is 6.11. The molecule has 0 spiro atoms. The van der Waals surface area contributed by atoms with Gasteiger partial charge < -0.3 is 4.90 Å². The summed E-state index contributed by atoms with van der Waals surface area (Å²) in [6, 6.07) is 18.8. The minimum atomic E-state index is 0.0539. The lowest BCUT2D eigenvalue weighted by molar-refractivity contribution is -0.115. The summed E-state index contributed by atoms with van der Waals surface area (Å²) in [6.07, 6.45) is 4.73. The summed E-state index contributed by atoms with van der Waals surface area (Å²) in [4.78, 5) is 14.5. The van der Waals surface area contributed by atoms with E-state index in [-0.39, 0.29) is 11.3 Å². The molecule has 0 atom stereocenters. The number of aromatic nitrogens is 3. The summed E-state index contributed by atoms with van der Waals surface area (Å²) < 4.78 is 2.28. The molecule has 1 aliphatic carbocycles. The van der Waals surface area contributed by atoms with E-state index in [4.69, 9.17) is 0 Å². The lowest BCUT2D eigenvalue weighted by atomic mass is 9.86. The van der Waals surface area contributed by atoms with Crippen molar-refractivity contribution in [1.29, 1.82) is 0 Å². The average Bonchev–Trinajstić information content (AvgIpc) is 3.46. The van der Waals surface area contributed by atoms with Crippen molar-refractivity contribution in [3.05, 3.63) is 60.2 Å². The van der Waals surface area contributed by atoms with Gasteiger partial charge in [0.2, 0.25) is 5.91 Å². The highest BCUT2D eigenvalue weighted by Crippen LogP contribution is 2.37. The van der Waals surface area contributed by atoms with E-state index in [2.05, 4.69) is 59.8 Å². The maximum Gasteiger partial charge on any atom is 0.237 e. The Labute approximate surface area is 195 Å². The molecule has 4 rings (SSSR count). The zero-order valence-electron chi connectivity index (χ0n) is 19.4. The summed E-state index contributed by atoms with van der Waals surface area (Å²) in [6.45, 7) is 6.67. The monoisotopic (exact) mass is 448 g/mol. The van der Waals surface area contributed by atoms with Gasteiger partial charge in [0.25, 0.3) is 0 Å². The zero-order chi connectivity index (χ0) is 22.7. The Bertz CT molecular complexity index is 1050. The molecule has 0 unspecified atom stereocenters. The summed E-state index contributed by atoms with van der Waals surface area (Å²) >= 11 is 1.49.